The number of rotatable bonds is 6. The Morgan fingerprint density at radius 2 is 1.95 bits per heavy atom. The highest BCUT2D eigenvalue weighted by Crippen LogP contribution is 2.48. The molecule has 2 aliphatic rings. The molecule has 0 aliphatic heterocycles. The lowest BCUT2D eigenvalue weighted by atomic mass is 9.96. The summed E-state index contributed by atoms with van der Waals surface area (Å²) in [6.45, 7) is 4.76. The van der Waals surface area contributed by atoms with E-state index in [2.05, 4.69) is 17.6 Å². The molecule has 2 fully saturated rings. The lowest BCUT2D eigenvalue weighted by molar-refractivity contribution is 0.623. The molecule has 0 spiro atoms. The first kappa shape index (κ1) is 14.4. The summed E-state index contributed by atoms with van der Waals surface area (Å²) < 4.78 is 13.0. The van der Waals surface area contributed by atoms with Crippen LogP contribution in [0.4, 0.5) is 4.39 Å². The Kier molecular flexibility index (Phi) is 4.13. The Morgan fingerprint density at radius 1 is 1.24 bits per heavy atom. The zero-order chi connectivity index (χ0) is 14.7. The van der Waals surface area contributed by atoms with Crippen molar-refractivity contribution in [3.8, 4) is 0 Å². The van der Waals surface area contributed by atoms with E-state index in [1.165, 1.54) is 18.4 Å². The minimum atomic E-state index is -0.169. The standard InChI is InChI=1S/C17H24FN3/c1-2-19-16(20-11-13-3-4-13)21-12-17(9-10-17)14-5-7-15(18)8-6-14/h5-8,13H,2-4,9-12H2,1H3,(H2,19,20,21). The quantitative estimate of drug-likeness (QED) is 0.624. The number of nitrogens with one attached hydrogen (secondary N) is 2. The second-order valence-electron chi connectivity index (χ2n) is 6.31. The third kappa shape index (κ3) is 3.74. The highest BCUT2D eigenvalue weighted by Gasteiger charge is 2.44. The Hall–Kier alpha value is -1.58. The van der Waals surface area contributed by atoms with Gasteiger partial charge in [0, 0.05) is 18.5 Å². The van der Waals surface area contributed by atoms with Gasteiger partial charge in [-0.15, -0.1) is 0 Å². The molecule has 0 radical (unpaired) electrons. The van der Waals surface area contributed by atoms with Crippen LogP contribution >= 0.6 is 0 Å². The Balaban J connectivity index is 1.62. The van der Waals surface area contributed by atoms with Crippen molar-refractivity contribution in [2.75, 3.05) is 19.6 Å². The zero-order valence-corrected chi connectivity index (χ0v) is 12.7. The highest BCUT2D eigenvalue weighted by atomic mass is 19.1. The first-order valence-electron chi connectivity index (χ1n) is 8.00. The molecule has 114 valence electrons. The van der Waals surface area contributed by atoms with Crippen LogP contribution in [0, 0.1) is 11.7 Å². The molecule has 1 aromatic rings. The molecule has 0 atom stereocenters. The van der Waals surface area contributed by atoms with Crippen molar-refractivity contribution >= 4 is 5.96 Å². The number of halogens is 1. The van der Waals surface area contributed by atoms with Gasteiger partial charge in [-0.05, 0) is 56.2 Å². The molecule has 0 amide bonds. The third-order valence-electron chi connectivity index (χ3n) is 4.45. The summed E-state index contributed by atoms with van der Waals surface area (Å²) in [4.78, 5) is 4.75. The fourth-order valence-corrected chi connectivity index (χ4v) is 2.63. The maximum Gasteiger partial charge on any atom is 0.191 e. The number of benzene rings is 1. The van der Waals surface area contributed by atoms with Gasteiger partial charge in [-0.2, -0.15) is 0 Å². The molecule has 0 unspecified atom stereocenters. The van der Waals surface area contributed by atoms with Crippen molar-refractivity contribution in [2.24, 2.45) is 10.9 Å². The minimum Gasteiger partial charge on any atom is -0.357 e. The fourth-order valence-electron chi connectivity index (χ4n) is 2.63. The van der Waals surface area contributed by atoms with Gasteiger partial charge in [0.15, 0.2) is 5.96 Å². The van der Waals surface area contributed by atoms with Crippen LogP contribution < -0.4 is 10.6 Å². The summed E-state index contributed by atoms with van der Waals surface area (Å²) in [6, 6.07) is 6.91. The molecular formula is C17H24FN3. The van der Waals surface area contributed by atoms with Crippen LogP contribution in [0.3, 0.4) is 0 Å². The van der Waals surface area contributed by atoms with Crippen molar-refractivity contribution < 1.29 is 4.39 Å². The predicted octanol–water partition coefficient (Wildman–Crippen LogP) is 2.82. The van der Waals surface area contributed by atoms with Crippen LogP contribution in [0.25, 0.3) is 0 Å². The van der Waals surface area contributed by atoms with Gasteiger partial charge in [0.25, 0.3) is 0 Å². The molecule has 0 bridgehead atoms. The van der Waals surface area contributed by atoms with E-state index in [4.69, 9.17) is 4.99 Å². The zero-order valence-electron chi connectivity index (χ0n) is 12.7. The topological polar surface area (TPSA) is 36.4 Å². The van der Waals surface area contributed by atoms with Gasteiger partial charge in [-0.3, -0.25) is 4.99 Å². The lowest BCUT2D eigenvalue weighted by Gasteiger charge is -2.16. The fraction of sp³-hybridized carbons (Fsp3) is 0.588. The van der Waals surface area contributed by atoms with Crippen molar-refractivity contribution in [3.05, 3.63) is 35.6 Å². The average Bonchev–Trinajstić information content (AvgIpc) is 3.37. The molecule has 4 heteroatoms. The largest absolute Gasteiger partial charge is 0.357 e. The number of aliphatic imine (C=N–C) groups is 1. The van der Waals surface area contributed by atoms with Crippen molar-refractivity contribution in [2.45, 2.75) is 38.0 Å². The first-order valence-corrected chi connectivity index (χ1v) is 8.00. The molecule has 0 saturated heterocycles. The third-order valence-corrected chi connectivity index (χ3v) is 4.45. The Bertz CT molecular complexity index is 501. The van der Waals surface area contributed by atoms with E-state index < -0.39 is 0 Å². The number of nitrogens with zero attached hydrogens (tertiary/aromatic N) is 1. The van der Waals surface area contributed by atoms with Crippen LogP contribution in [-0.4, -0.2) is 25.6 Å². The van der Waals surface area contributed by atoms with Gasteiger partial charge in [-0.25, -0.2) is 4.39 Å². The minimum absolute atomic E-state index is 0.135. The summed E-state index contributed by atoms with van der Waals surface area (Å²) in [6.07, 6.45) is 4.96. The van der Waals surface area contributed by atoms with E-state index >= 15 is 0 Å². The van der Waals surface area contributed by atoms with Crippen LogP contribution in [0.1, 0.15) is 38.2 Å². The maximum atomic E-state index is 13.0. The van der Waals surface area contributed by atoms with Gasteiger partial charge in [-0.1, -0.05) is 12.1 Å². The van der Waals surface area contributed by atoms with Crippen LogP contribution in [0.15, 0.2) is 29.3 Å². The Morgan fingerprint density at radius 3 is 2.52 bits per heavy atom. The first-order chi connectivity index (χ1) is 10.2. The predicted molar refractivity (Wildman–Crippen MR) is 84.0 cm³/mol. The van der Waals surface area contributed by atoms with Crippen LogP contribution in [0.5, 0.6) is 0 Å². The molecule has 21 heavy (non-hydrogen) atoms. The van der Waals surface area contributed by atoms with E-state index in [9.17, 15) is 4.39 Å². The van der Waals surface area contributed by atoms with Crippen molar-refractivity contribution in [1.82, 2.24) is 10.6 Å². The van der Waals surface area contributed by atoms with E-state index in [-0.39, 0.29) is 11.2 Å². The van der Waals surface area contributed by atoms with Gasteiger partial charge < -0.3 is 10.6 Å². The number of hydrogen-bond donors (Lipinski definition) is 2. The van der Waals surface area contributed by atoms with Crippen molar-refractivity contribution in [1.29, 1.82) is 0 Å². The molecule has 2 aliphatic carbocycles. The Labute approximate surface area is 126 Å². The van der Waals surface area contributed by atoms with Crippen LogP contribution in [0.2, 0.25) is 0 Å². The second-order valence-corrected chi connectivity index (χ2v) is 6.31. The highest BCUT2D eigenvalue weighted by molar-refractivity contribution is 5.79. The molecule has 3 rings (SSSR count). The van der Waals surface area contributed by atoms with E-state index in [0.717, 1.165) is 44.4 Å². The molecular weight excluding hydrogens is 265 g/mol. The monoisotopic (exact) mass is 289 g/mol. The lowest BCUT2D eigenvalue weighted by Crippen LogP contribution is -2.39. The summed E-state index contributed by atoms with van der Waals surface area (Å²) in [7, 11) is 0. The van der Waals surface area contributed by atoms with E-state index in [1.807, 2.05) is 12.1 Å². The molecule has 1 aromatic carbocycles. The SMILES string of the molecule is CCNC(=NCC1(c2ccc(F)cc2)CC1)NCC1CC1. The molecule has 0 heterocycles. The molecule has 2 saturated carbocycles. The summed E-state index contributed by atoms with van der Waals surface area (Å²) in [5, 5.41) is 6.73. The summed E-state index contributed by atoms with van der Waals surface area (Å²) in [5.74, 6) is 1.58. The summed E-state index contributed by atoms with van der Waals surface area (Å²) in [5.41, 5.74) is 1.35. The second kappa shape index (κ2) is 6.04. The van der Waals surface area contributed by atoms with Gasteiger partial charge in [0.1, 0.15) is 5.82 Å². The average molecular weight is 289 g/mol. The van der Waals surface area contributed by atoms with Gasteiger partial charge in [0.2, 0.25) is 0 Å². The van der Waals surface area contributed by atoms with Crippen LogP contribution in [-0.2, 0) is 5.41 Å². The normalized spacial score (nSPS) is 20.2. The summed E-state index contributed by atoms with van der Waals surface area (Å²) >= 11 is 0. The number of hydrogen-bond acceptors (Lipinski definition) is 1. The molecule has 2 N–H and O–H groups in total. The van der Waals surface area contributed by atoms with Gasteiger partial charge in [0.05, 0.1) is 6.54 Å². The smallest absolute Gasteiger partial charge is 0.191 e. The van der Waals surface area contributed by atoms with E-state index in [0.29, 0.717) is 0 Å². The number of guanidine groups is 1. The van der Waals surface area contributed by atoms with Crippen molar-refractivity contribution in [3.63, 3.8) is 0 Å². The molecule has 0 aromatic heterocycles. The maximum absolute atomic E-state index is 13.0. The molecule has 3 nitrogen and oxygen atoms in total. The van der Waals surface area contributed by atoms with Gasteiger partial charge >= 0.3 is 0 Å². The van der Waals surface area contributed by atoms with E-state index in [1.54, 1.807) is 12.1 Å².